The number of nitrogens with one attached hydrogen (secondary N) is 1. The molecule has 3 atom stereocenters. The number of aromatic nitrogens is 3. The summed E-state index contributed by atoms with van der Waals surface area (Å²) >= 11 is 12.0. The quantitative estimate of drug-likeness (QED) is 0.830. The maximum absolute atomic E-state index is 12.4. The summed E-state index contributed by atoms with van der Waals surface area (Å²) in [5.41, 5.74) is 0.625. The Bertz CT molecular complexity index is 856. The van der Waals surface area contributed by atoms with Gasteiger partial charge in [-0.05, 0) is 37.5 Å². The molecule has 7 nitrogen and oxygen atoms in total. The van der Waals surface area contributed by atoms with Crippen LogP contribution in [0.1, 0.15) is 29.9 Å². The molecule has 9 heteroatoms. The third kappa shape index (κ3) is 2.92. The highest BCUT2D eigenvalue weighted by Gasteiger charge is 2.46. The minimum absolute atomic E-state index is 0.0431. The lowest BCUT2D eigenvalue weighted by molar-refractivity contribution is 0.0918. The van der Waals surface area contributed by atoms with E-state index in [9.17, 15) is 10.1 Å². The minimum atomic E-state index is -0.345. The summed E-state index contributed by atoms with van der Waals surface area (Å²) in [6, 6.07) is 5.26. The summed E-state index contributed by atoms with van der Waals surface area (Å²) < 4.78 is 1.45. The third-order valence-electron chi connectivity index (χ3n) is 4.78. The van der Waals surface area contributed by atoms with Gasteiger partial charge in [0.2, 0.25) is 5.82 Å². The SMILES string of the molecule is N#CN1[C@H]2CC[C@@H]1[C@H](NC(=O)c1ncn(-c3cc(Cl)cc(Cl)c3)n1)C2. The zero-order valence-electron chi connectivity index (χ0n) is 13.1. The van der Waals surface area contributed by atoms with Crippen LogP contribution in [-0.4, -0.2) is 43.7 Å². The molecule has 2 saturated heterocycles. The van der Waals surface area contributed by atoms with Gasteiger partial charge < -0.3 is 10.2 Å². The largest absolute Gasteiger partial charge is 0.344 e. The van der Waals surface area contributed by atoms with Gasteiger partial charge in [0.15, 0.2) is 6.19 Å². The van der Waals surface area contributed by atoms with Gasteiger partial charge in [0, 0.05) is 16.1 Å². The van der Waals surface area contributed by atoms with Crippen LogP contribution in [0.5, 0.6) is 0 Å². The van der Waals surface area contributed by atoms with Crippen LogP contribution >= 0.6 is 23.2 Å². The molecule has 2 aliphatic heterocycles. The van der Waals surface area contributed by atoms with Crippen molar-refractivity contribution in [1.29, 1.82) is 5.26 Å². The first-order chi connectivity index (χ1) is 12.0. The molecule has 0 spiro atoms. The molecule has 4 rings (SSSR count). The van der Waals surface area contributed by atoms with Crippen molar-refractivity contribution in [1.82, 2.24) is 25.0 Å². The van der Waals surface area contributed by atoms with Crippen LogP contribution in [0.2, 0.25) is 10.0 Å². The summed E-state index contributed by atoms with van der Waals surface area (Å²) in [6.07, 6.45) is 6.39. The molecular formula is C16H14Cl2N6O. The zero-order chi connectivity index (χ0) is 17.6. The lowest BCUT2D eigenvalue weighted by atomic mass is 9.95. The van der Waals surface area contributed by atoms with Gasteiger partial charge in [0.05, 0.1) is 17.8 Å². The molecular weight excluding hydrogens is 363 g/mol. The lowest BCUT2D eigenvalue weighted by Crippen LogP contribution is -2.43. The Balaban J connectivity index is 1.49. The molecule has 1 aromatic carbocycles. The van der Waals surface area contributed by atoms with Crippen molar-refractivity contribution in [2.75, 3.05) is 0 Å². The monoisotopic (exact) mass is 376 g/mol. The number of halogens is 2. The molecule has 1 amide bonds. The second-order valence-electron chi connectivity index (χ2n) is 6.26. The zero-order valence-corrected chi connectivity index (χ0v) is 14.6. The molecule has 0 saturated carbocycles. The van der Waals surface area contributed by atoms with E-state index < -0.39 is 0 Å². The standard InChI is InChI=1S/C16H14Cl2N6O/c17-9-3-10(18)5-12(4-9)24-8-20-15(22-24)16(25)21-13-6-11-1-2-14(13)23(11)7-19/h3-5,8,11,13-14H,1-2,6H2,(H,21,25)/t11-,13+,14+/m0/s1. The fourth-order valence-electron chi connectivity index (χ4n) is 3.70. The lowest BCUT2D eigenvalue weighted by Gasteiger charge is -2.21. The average molecular weight is 377 g/mol. The van der Waals surface area contributed by atoms with E-state index in [1.54, 1.807) is 23.1 Å². The first kappa shape index (κ1) is 16.2. The Morgan fingerprint density at radius 1 is 1.28 bits per heavy atom. The molecule has 128 valence electrons. The Hall–Kier alpha value is -2.30. The summed E-state index contributed by atoms with van der Waals surface area (Å²) in [4.78, 5) is 18.3. The molecule has 0 aliphatic carbocycles. The summed E-state index contributed by atoms with van der Waals surface area (Å²) in [5, 5.41) is 17.3. The van der Waals surface area contributed by atoms with Gasteiger partial charge >= 0.3 is 0 Å². The number of rotatable bonds is 3. The maximum Gasteiger partial charge on any atom is 0.291 e. The van der Waals surface area contributed by atoms with Crippen LogP contribution in [0.15, 0.2) is 24.5 Å². The number of carbonyl (C=O) groups is 1. The smallest absolute Gasteiger partial charge is 0.291 e. The van der Waals surface area contributed by atoms with Gasteiger partial charge in [0.1, 0.15) is 6.33 Å². The Morgan fingerprint density at radius 3 is 2.72 bits per heavy atom. The molecule has 0 radical (unpaired) electrons. The van der Waals surface area contributed by atoms with Crippen molar-refractivity contribution in [3.8, 4) is 11.9 Å². The molecule has 3 heterocycles. The van der Waals surface area contributed by atoms with Crippen molar-refractivity contribution >= 4 is 29.1 Å². The second-order valence-corrected chi connectivity index (χ2v) is 7.13. The van der Waals surface area contributed by atoms with Gasteiger partial charge in [-0.2, -0.15) is 5.26 Å². The number of amides is 1. The molecule has 1 N–H and O–H groups in total. The van der Waals surface area contributed by atoms with Crippen LogP contribution in [0.4, 0.5) is 0 Å². The first-order valence-corrected chi connectivity index (χ1v) is 8.68. The van der Waals surface area contributed by atoms with E-state index in [4.69, 9.17) is 23.2 Å². The Labute approximate surface area is 154 Å². The predicted molar refractivity (Wildman–Crippen MR) is 91.5 cm³/mol. The summed E-state index contributed by atoms with van der Waals surface area (Å²) in [5.74, 6) is -0.273. The Kier molecular flexibility index (Phi) is 4.02. The van der Waals surface area contributed by atoms with Gasteiger partial charge in [-0.25, -0.2) is 9.67 Å². The number of benzene rings is 1. The molecule has 1 aromatic heterocycles. The molecule has 25 heavy (non-hydrogen) atoms. The molecule has 0 unspecified atom stereocenters. The predicted octanol–water partition coefficient (Wildman–Crippen LogP) is 2.39. The Morgan fingerprint density at radius 2 is 2.04 bits per heavy atom. The fraction of sp³-hybridized carbons (Fsp3) is 0.375. The number of nitriles is 1. The number of hydrogen-bond acceptors (Lipinski definition) is 5. The van der Waals surface area contributed by atoms with Crippen molar-refractivity contribution in [3.05, 3.63) is 40.4 Å². The number of nitrogens with zero attached hydrogens (tertiary/aromatic N) is 5. The molecule has 2 fully saturated rings. The fourth-order valence-corrected chi connectivity index (χ4v) is 4.21. The van der Waals surface area contributed by atoms with E-state index in [2.05, 4.69) is 21.6 Å². The number of fused-ring (bicyclic) bond motifs is 2. The third-order valence-corrected chi connectivity index (χ3v) is 5.21. The summed E-state index contributed by atoms with van der Waals surface area (Å²) in [7, 11) is 0. The number of hydrogen-bond donors (Lipinski definition) is 1. The normalized spacial score (nSPS) is 24.4. The first-order valence-electron chi connectivity index (χ1n) is 7.92. The van der Waals surface area contributed by atoms with Crippen molar-refractivity contribution in [2.45, 2.75) is 37.4 Å². The van der Waals surface area contributed by atoms with Crippen LogP contribution in [0.25, 0.3) is 5.69 Å². The highest BCUT2D eigenvalue weighted by molar-refractivity contribution is 6.34. The van der Waals surface area contributed by atoms with Crippen molar-refractivity contribution < 1.29 is 4.79 Å². The van der Waals surface area contributed by atoms with Crippen molar-refractivity contribution in [3.63, 3.8) is 0 Å². The molecule has 2 bridgehead atoms. The summed E-state index contributed by atoms with van der Waals surface area (Å²) in [6.45, 7) is 0. The maximum atomic E-state index is 12.4. The van der Waals surface area contributed by atoms with Gasteiger partial charge in [-0.1, -0.05) is 23.2 Å². The molecule has 2 aliphatic rings. The van der Waals surface area contributed by atoms with E-state index in [0.717, 1.165) is 19.3 Å². The highest BCUT2D eigenvalue weighted by atomic mass is 35.5. The second kappa shape index (κ2) is 6.21. The number of carbonyl (C=O) groups excluding carboxylic acids is 1. The van der Waals surface area contributed by atoms with Gasteiger partial charge in [0.25, 0.3) is 5.91 Å². The van der Waals surface area contributed by atoms with Crippen LogP contribution < -0.4 is 5.32 Å². The minimum Gasteiger partial charge on any atom is -0.344 e. The van der Waals surface area contributed by atoms with E-state index >= 15 is 0 Å². The van der Waals surface area contributed by atoms with Gasteiger partial charge in [-0.15, -0.1) is 5.10 Å². The van der Waals surface area contributed by atoms with Gasteiger partial charge in [-0.3, -0.25) is 4.79 Å². The average Bonchev–Trinajstić information content (AvgIpc) is 3.27. The van der Waals surface area contributed by atoms with Crippen LogP contribution in [0, 0.1) is 11.5 Å². The van der Waals surface area contributed by atoms with E-state index in [1.165, 1.54) is 11.0 Å². The van der Waals surface area contributed by atoms with E-state index in [0.29, 0.717) is 15.7 Å². The molecule has 2 aromatic rings. The van der Waals surface area contributed by atoms with E-state index in [1.807, 2.05) is 0 Å². The topological polar surface area (TPSA) is 86.8 Å². The van der Waals surface area contributed by atoms with Crippen LogP contribution in [0.3, 0.4) is 0 Å². The van der Waals surface area contributed by atoms with E-state index in [-0.39, 0.29) is 29.9 Å². The van der Waals surface area contributed by atoms with Crippen LogP contribution in [-0.2, 0) is 0 Å². The highest BCUT2D eigenvalue weighted by Crippen LogP contribution is 2.37. The van der Waals surface area contributed by atoms with Crippen molar-refractivity contribution in [2.24, 2.45) is 0 Å².